The molecule has 1 atom stereocenters. The molecule has 1 heterocycles. The van der Waals surface area contributed by atoms with E-state index < -0.39 is 0 Å². The van der Waals surface area contributed by atoms with Crippen LogP contribution in [0.3, 0.4) is 0 Å². The summed E-state index contributed by atoms with van der Waals surface area (Å²) in [6, 6.07) is -0.0766. The van der Waals surface area contributed by atoms with Crippen LogP contribution in [0, 0.1) is 0 Å². The number of amides is 1. The molecular formula is C13H27N3O. The van der Waals surface area contributed by atoms with E-state index in [9.17, 15) is 4.79 Å². The van der Waals surface area contributed by atoms with Gasteiger partial charge < -0.3 is 15.1 Å². The number of likely N-dealkylation sites (N-methyl/N-ethyl adjacent to an activating group) is 1. The molecule has 1 fully saturated rings. The van der Waals surface area contributed by atoms with Gasteiger partial charge in [0.2, 0.25) is 5.91 Å². The van der Waals surface area contributed by atoms with Crippen LogP contribution in [-0.2, 0) is 4.79 Å². The molecule has 17 heavy (non-hydrogen) atoms. The fraction of sp³-hybridized carbons (Fsp3) is 0.923. The van der Waals surface area contributed by atoms with E-state index in [2.05, 4.69) is 38.2 Å². The second-order valence-electron chi connectivity index (χ2n) is 5.84. The molecule has 1 saturated heterocycles. The topological polar surface area (TPSA) is 35.6 Å². The summed E-state index contributed by atoms with van der Waals surface area (Å²) in [4.78, 5) is 16.2. The van der Waals surface area contributed by atoms with Crippen molar-refractivity contribution in [3.8, 4) is 0 Å². The molecule has 1 N–H and O–H groups in total. The zero-order valence-corrected chi connectivity index (χ0v) is 11.9. The molecule has 0 aromatic rings. The fourth-order valence-corrected chi connectivity index (χ4v) is 1.86. The first-order valence-electron chi connectivity index (χ1n) is 6.54. The minimum atomic E-state index is -0.0766. The van der Waals surface area contributed by atoms with Crippen molar-refractivity contribution in [2.45, 2.75) is 45.2 Å². The fourth-order valence-electron chi connectivity index (χ4n) is 1.86. The molecule has 100 valence electrons. The lowest BCUT2D eigenvalue weighted by Gasteiger charge is -2.34. The Labute approximate surface area is 105 Å². The first-order valence-corrected chi connectivity index (χ1v) is 6.54. The van der Waals surface area contributed by atoms with Crippen LogP contribution in [-0.4, -0.2) is 61.0 Å². The van der Waals surface area contributed by atoms with Gasteiger partial charge in [0, 0.05) is 25.2 Å². The highest BCUT2D eigenvalue weighted by molar-refractivity contribution is 5.81. The summed E-state index contributed by atoms with van der Waals surface area (Å²) in [5, 5.41) is 3.35. The first kappa shape index (κ1) is 14.5. The van der Waals surface area contributed by atoms with Gasteiger partial charge >= 0.3 is 0 Å². The van der Waals surface area contributed by atoms with Crippen molar-refractivity contribution >= 4 is 5.91 Å². The van der Waals surface area contributed by atoms with Crippen molar-refractivity contribution in [1.82, 2.24) is 15.1 Å². The maximum absolute atomic E-state index is 12.1. The van der Waals surface area contributed by atoms with Gasteiger partial charge in [-0.1, -0.05) is 0 Å². The lowest BCUT2D eigenvalue weighted by atomic mass is 10.0. The van der Waals surface area contributed by atoms with E-state index in [1.54, 1.807) is 0 Å². The summed E-state index contributed by atoms with van der Waals surface area (Å²) >= 11 is 0. The number of hydrogen-bond donors (Lipinski definition) is 1. The van der Waals surface area contributed by atoms with E-state index in [1.807, 2.05) is 11.8 Å². The van der Waals surface area contributed by atoms with Crippen molar-refractivity contribution < 1.29 is 4.79 Å². The van der Waals surface area contributed by atoms with Crippen LogP contribution < -0.4 is 5.32 Å². The predicted molar refractivity (Wildman–Crippen MR) is 71.0 cm³/mol. The first-order chi connectivity index (χ1) is 7.84. The summed E-state index contributed by atoms with van der Waals surface area (Å²) in [6.45, 7) is 9.00. The Bertz CT molecular complexity index is 257. The lowest BCUT2D eigenvalue weighted by molar-refractivity contribution is -0.132. The van der Waals surface area contributed by atoms with Gasteiger partial charge in [0.15, 0.2) is 0 Å². The second-order valence-corrected chi connectivity index (χ2v) is 5.84. The third kappa shape index (κ3) is 3.96. The van der Waals surface area contributed by atoms with Gasteiger partial charge in [-0.25, -0.2) is 0 Å². The number of hydrogen-bond acceptors (Lipinski definition) is 3. The van der Waals surface area contributed by atoms with E-state index in [0.717, 1.165) is 32.5 Å². The Morgan fingerprint density at radius 2 is 1.88 bits per heavy atom. The van der Waals surface area contributed by atoms with Crippen LogP contribution in [0.4, 0.5) is 0 Å². The van der Waals surface area contributed by atoms with Gasteiger partial charge in [-0.2, -0.15) is 0 Å². The van der Waals surface area contributed by atoms with Gasteiger partial charge in [0.25, 0.3) is 0 Å². The Kier molecular flexibility index (Phi) is 4.95. The molecule has 0 aromatic heterocycles. The van der Waals surface area contributed by atoms with E-state index in [1.165, 1.54) is 0 Å². The van der Waals surface area contributed by atoms with E-state index in [4.69, 9.17) is 0 Å². The second kappa shape index (κ2) is 5.83. The molecule has 1 amide bonds. The van der Waals surface area contributed by atoms with Gasteiger partial charge in [-0.05, 0) is 47.7 Å². The predicted octanol–water partition coefficient (Wildman–Crippen LogP) is 0.927. The summed E-state index contributed by atoms with van der Waals surface area (Å²) in [7, 11) is 4.13. The molecule has 0 bridgehead atoms. The monoisotopic (exact) mass is 241 g/mol. The quantitative estimate of drug-likeness (QED) is 0.778. The number of nitrogens with zero attached hydrogens (tertiary/aromatic N) is 2. The largest absolute Gasteiger partial charge is 0.341 e. The van der Waals surface area contributed by atoms with Crippen LogP contribution in [0.2, 0.25) is 0 Å². The maximum atomic E-state index is 12.1. The molecule has 0 radical (unpaired) electrons. The van der Waals surface area contributed by atoms with Crippen molar-refractivity contribution in [2.24, 2.45) is 0 Å². The van der Waals surface area contributed by atoms with E-state index in [-0.39, 0.29) is 17.5 Å². The molecule has 4 heteroatoms. The zero-order valence-electron chi connectivity index (χ0n) is 11.9. The van der Waals surface area contributed by atoms with Gasteiger partial charge in [-0.3, -0.25) is 4.79 Å². The smallest absolute Gasteiger partial charge is 0.239 e. The summed E-state index contributed by atoms with van der Waals surface area (Å²) in [5.74, 6) is 0.247. The Morgan fingerprint density at radius 1 is 1.35 bits per heavy atom. The number of likely N-dealkylation sites (tertiary alicyclic amines) is 1. The molecular weight excluding hydrogens is 214 g/mol. The Balaban J connectivity index is 2.38. The number of carbonyl (C=O) groups is 1. The third-order valence-corrected chi connectivity index (χ3v) is 3.84. The highest BCUT2D eigenvalue weighted by Gasteiger charge is 2.26. The molecule has 0 spiro atoms. The Hall–Kier alpha value is -0.610. The SMILES string of the molecule is CC(NCC(C)(C)N(C)C)C(=O)N1CCCC1. The van der Waals surface area contributed by atoms with E-state index in [0.29, 0.717) is 0 Å². The highest BCUT2D eigenvalue weighted by Crippen LogP contribution is 2.11. The van der Waals surface area contributed by atoms with Crippen molar-refractivity contribution in [3.63, 3.8) is 0 Å². The number of rotatable bonds is 5. The van der Waals surface area contributed by atoms with Crippen LogP contribution in [0.15, 0.2) is 0 Å². The molecule has 4 nitrogen and oxygen atoms in total. The van der Waals surface area contributed by atoms with Crippen molar-refractivity contribution in [2.75, 3.05) is 33.7 Å². The average Bonchev–Trinajstić information content (AvgIpc) is 2.78. The van der Waals surface area contributed by atoms with Gasteiger partial charge in [0.1, 0.15) is 0 Å². The van der Waals surface area contributed by atoms with E-state index >= 15 is 0 Å². The molecule has 1 rings (SSSR count). The van der Waals surface area contributed by atoms with Crippen LogP contribution in [0.1, 0.15) is 33.6 Å². The summed E-state index contributed by atoms with van der Waals surface area (Å²) in [6.07, 6.45) is 2.31. The zero-order chi connectivity index (χ0) is 13.1. The van der Waals surface area contributed by atoms with Crippen molar-refractivity contribution in [3.05, 3.63) is 0 Å². The third-order valence-electron chi connectivity index (χ3n) is 3.84. The van der Waals surface area contributed by atoms with Gasteiger partial charge in [-0.15, -0.1) is 0 Å². The van der Waals surface area contributed by atoms with Gasteiger partial charge in [0.05, 0.1) is 6.04 Å². The average molecular weight is 241 g/mol. The standard InChI is InChI=1S/C13H27N3O/c1-11(12(17)16-8-6-7-9-16)14-10-13(2,3)15(4)5/h11,14H,6-10H2,1-5H3. The molecule has 0 aliphatic carbocycles. The van der Waals surface area contributed by atoms with Crippen LogP contribution >= 0.6 is 0 Å². The number of carbonyl (C=O) groups excluding carboxylic acids is 1. The van der Waals surface area contributed by atoms with Crippen LogP contribution in [0.5, 0.6) is 0 Å². The minimum Gasteiger partial charge on any atom is -0.341 e. The number of nitrogens with one attached hydrogen (secondary N) is 1. The minimum absolute atomic E-state index is 0.0690. The summed E-state index contributed by atoms with van der Waals surface area (Å²) < 4.78 is 0. The summed E-state index contributed by atoms with van der Waals surface area (Å²) in [5.41, 5.74) is 0.0690. The molecule has 1 aliphatic rings. The normalized spacial score (nSPS) is 18.8. The molecule has 0 saturated carbocycles. The molecule has 1 aliphatic heterocycles. The highest BCUT2D eigenvalue weighted by atomic mass is 16.2. The molecule has 0 aromatic carbocycles. The maximum Gasteiger partial charge on any atom is 0.239 e. The van der Waals surface area contributed by atoms with Crippen molar-refractivity contribution in [1.29, 1.82) is 0 Å². The lowest BCUT2D eigenvalue weighted by Crippen LogP contribution is -2.52. The Morgan fingerprint density at radius 3 is 2.35 bits per heavy atom. The van der Waals surface area contributed by atoms with Crippen LogP contribution in [0.25, 0.3) is 0 Å². The molecule has 1 unspecified atom stereocenters.